The first-order chi connectivity index (χ1) is 12.4. The summed E-state index contributed by atoms with van der Waals surface area (Å²) in [4.78, 5) is 38.3. The maximum atomic E-state index is 12.5. The van der Waals surface area contributed by atoms with Gasteiger partial charge < -0.3 is 4.74 Å². The second kappa shape index (κ2) is 7.96. The highest BCUT2D eigenvalue weighted by molar-refractivity contribution is 7.14. The first-order valence-electron chi connectivity index (χ1n) is 8.89. The second-order valence-corrected chi connectivity index (χ2v) is 7.95. The monoisotopic (exact) mass is 370 g/mol. The van der Waals surface area contributed by atoms with Gasteiger partial charge >= 0.3 is 5.97 Å². The van der Waals surface area contributed by atoms with Gasteiger partial charge in [-0.25, -0.2) is 0 Å². The van der Waals surface area contributed by atoms with Crippen molar-refractivity contribution in [2.45, 2.75) is 52.1 Å². The Morgan fingerprint density at radius 3 is 2.58 bits per heavy atom. The van der Waals surface area contributed by atoms with Crippen molar-refractivity contribution >= 4 is 28.9 Å². The summed E-state index contributed by atoms with van der Waals surface area (Å²) in [5.74, 6) is -0.792. The Labute approximate surface area is 157 Å². The van der Waals surface area contributed by atoms with Crippen LogP contribution in [0.4, 0.5) is 0 Å². The summed E-state index contributed by atoms with van der Waals surface area (Å²) in [6.07, 6.45) is 2.41. The van der Waals surface area contributed by atoms with Crippen LogP contribution in [-0.4, -0.2) is 23.6 Å². The number of fused-ring (bicyclic) bond motifs is 1. The molecule has 5 heteroatoms. The molecule has 136 valence electrons. The lowest BCUT2D eigenvalue weighted by molar-refractivity contribution is -0.146. The maximum Gasteiger partial charge on any atom is 0.306 e. The number of thiophene rings is 1. The third-order valence-electron chi connectivity index (χ3n) is 4.63. The molecule has 0 saturated carbocycles. The minimum Gasteiger partial charge on any atom is -0.454 e. The van der Waals surface area contributed by atoms with E-state index in [9.17, 15) is 14.4 Å². The van der Waals surface area contributed by atoms with Gasteiger partial charge in [0.1, 0.15) is 0 Å². The van der Waals surface area contributed by atoms with Crippen molar-refractivity contribution in [1.29, 1.82) is 0 Å². The Morgan fingerprint density at radius 2 is 1.85 bits per heavy atom. The molecule has 0 spiro atoms. The number of carbonyl (C=O) groups is 3. The highest BCUT2D eigenvalue weighted by atomic mass is 32.1. The number of ether oxygens (including phenoxy) is 1. The van der Waals surface area contributed by atoms with Gasteiger partial charge in [0, 0.05) is 16.9 Å². The van der Waals surface area contributed by atoms with Crippen LogP contribution >= 0.6 is 11.3 Å². The lowest BCUT2D eigenvalue weighted by Gasteiger charge is -2.13. The molecular formula is C21H22O4S. The summed E-state index contributed by atoms with van der Waals surface area (Å²) in [7, 11) is 0. The van der Waals surface area contributed by atoms with Gasteiger partial charge in [0.2, 0.25) is 5.78 Å². The number of hydrogen-bond acceptors (Lipinski definition) is 5. The average Bonchev–Trinajstić information content (AvgIpc) is 3.26. The summed E-state index contributed by atoms with van der Waals surface area (Å²) in [6.45, 7) is 3.51. The Kier molecular flexibility index (Phi) is 5.67. The summed E-state index contributed by atoms with van der Waals surface area (Å²) in [5, 5.41) is 0. The smallest absolute Gasteiger partial charge is 0.306 e. The topological polar surface area (TPSA) is 60.4 Å². The van der Waals surface area contributed by atoms with E-state index in [1.807, 2.05) is 25.1 Å². The van der Waals surface area contributed by atoms with E-state index in [1.165, 1.54) is 22.5 Å². The lowest BCUT2D eigenvalue weighted by Crippen LogP contribution is -2.24. The molecule has 1 aromatic carbocycles. The highest BCUT2D eigenvalue weighted by Gasteiger charge is 2.22. The van der Waals surface area contributed by atoms with E-state index in [0.717, 1.165) is 24.1 Å². The number of ketones is 2. The van der Waals surface area contributed by atoms with Crippen LogP contribution in [0.5, 0.6) is 0 Å². The average molecular weight is 370 g/mol. The van der Waals surface area contributed by atoms with Crippen molar-refractivity contribution in [3.05, 3.63) is 56.8 Å². The van der Waals surface area contributed by atoms with E-state index in [1.54, 1.807) is 19.1 Å². The molecule has 0 amide bonds. The van der Waals surface area contributed by atoms with E-state index < -0.39 is 12.1 Å². The van der Waals surface area contributed by atoms with E-state index >= 15 is 0 Å². The number of benzene rings is 1. The van der Waals surface area contributed by atoms with E-state index in [-0.39, 0.29) is 24.4 Å². The molecule has 1 aliphatic rings. The van der Waals surface area contributed by atoms with Gasteiger partial charge in [-0.3, -0.25) is 14.4 Å². The number of aryl methyl sites for hydroxylation is 3. The largest absolute Gasteiger partial charge is 0.454 e. The summed E-state index contributed by atoms with van der Waals surface area (Å²) in [5.41, 5.74) is 3.09. The van der Waals surface area contributed by atoms with Crippen LogP contribution in [0.3, 0.4) is 0 Å². The fourth-order valence-electron chi connectivity index (χ4n) is 3.19. The second-order valence-electron chi connectivity index (χ2n) is 6.67. The van der Waals surface area contributed by atoms with Gasteiger partial charge in [0.05, 0.1) is 11.3 Å². The first kappa shape index (κ1) is 18.5. The van der Waals surface area contributed by atoms with Crippen molar-refractivity contribution < 1.29 is 19.1 Å². The number of carbonyl (C=O) groups excluding carboxylic acids is 3. The number of esters is 1. The van der Waals surface area contributed by atoms with Crippen molar-refractivity contribution in [3.63, 3.8) is 0 Å². The number of hydrogen-bond donors (Lipinski definition) is 0. The molecule has 1 aliphatic carbocycles. The van der Waals surface area contributed by atoms with Crippen LogP contribution in [0.15, 0.2) is 30.3 Å². The Balaban J connectivity index is 1.52. The van der Waals surface area contributed by atoms with Crippen molar-refractivity contribution in [3.8, 4) is 0 Å². The molecule has 0 saturated heterocycles. The predicted molar refractivity (Wildman–Crippen MR) is 101 cm³/mol. The minimum absolute atomic E-state index is 0.0163. The normalized spacial score (nSPS) is 13.9. The van der Waals surface area contributed by atoms with Crippen molar-refractivity contribution in [1.82, 2.24) is 0 Å². The summed E-state index contributed by atoms with van der Waals surface area (Å²) >= 11 is 1.42. The van der Waals surface area contributed by atoms with Crippen molar-refractivity contribution in [2.24, 2.45) is 0 Å². The highest BCUT2D eigenvalue weighted by Crippen LogP contribution is 2.24. The Hall–Kier alpha value is -2.27. The summed E-state index contributed by atoms with van der Waals surface area (Å²) < 4.78 is 5.24. The molecule has 2 aromatic rings. The SMILES string of the molecule is Cc1ccc(C(=O)CCC(=O)OC(C)C(=O)c2ccc3c(c2)CCC3)s1. The molecule has 1 unspecified atom stereocenters. The molecule has 0 radical (unpaired) electrons. The van der Waals surface area contributed by atoms with Gasteiger partial charge in [0.15, 0.2) is 11.9 Å². The molecular weight excluding hydrogens is 348 g/mol. The molecule has 0 fully saturated rings. The van der Waals surface area contributed by atoms with Gasteiger partial charge in [-0.2, -0.15) is 0 Å². The zero-order valence-electron chi connectivity index (χ0n) is 15.0. The molecule has 0 N–H and O–H groups in total. The molecule has 1 aromatic heterocycles. The Bertz CT molecular complexity index is 849. The van der Waals surface area contributed by atoms with Crippen molar-refractivity contribution in [2.75, 3.05) is 0 Å². The molecule has 1 atom stereocenters. The minimum atomic E-state index is -0.846. The van der Waals surface area contributed by atoms with Gasteiger partial charge in [-0.1, -0.05) is 12.1 Å². The molecule has 4 nitrogen and oxygen atoms in total. The zero-order valence-corrected chi connectivity index (χ0v) is 15.9. The molecule has 3 rings (SSSR count). The van der Waals surface area contributed by atoms with E-state index in [4.69, 9.17) is 4.74 Å². The third kappa shape index (κ3) is 4.28. The van der Waals surface area contributed by atoms with Crippen LogP contribution < -0.4 is 0 Å². The van der Waals surface area contributed by atoms with Crippen LogP contribution in [0.25, 0.3) is 0 Å². The third-order valence-corrected chi connectivity index (χ3v) is 5.67. The van der Waals surface area contributed by atoms with Crippen LogP contribution in [0.1, 0.15) is 62.2 Å². The predicted octanol–water partition coefficient (Wildman–Crippen LogP) is 4.32. The fraction of sp³-hybridized carbons (Fsp3) is 0.381. The van der Waals surface area contributed by atoms with Crippen LogP contribution in [-0.2, 0) is 22.4 Å². The molecule has 1 heterocycles. The summed E-state index contributed by atoms with van der Waals surface area (Å²) in [6, 6.07) is 9.37. The molecule has 0 bridgehead atoms. The maximum absolute atomic E-state index is 12.5. The van der Waals surface area contributed by atoms with E-state index in [2.05, 4.69) is 0 Å². The first-order valence-corrected chi connectivity index (χ1v) is 9.71. The van der Waals surface area contributed by atoms with Crippen LogP contribution in [0.2, 0.25) is 0 Å². The van der Waals surface area contributed by atoms with E-state index in [0.29, 0.717) is 10.4 Å². The zero-order chi connectivity index (χ0) is 18.7. The quantitative estimate of drug-likeness (QED) is 0.538. The Morgan fingerprint density at radius 1 is 1.08 bits per heavy atom. The molecule has 0 aliphatic heterocycles. The van der Waals surface area contributed by atoms with Gasteiger partial charge in [0.25, 0.3) is 0 Å². The number of Topliss-reactive ketones (excluding diaryl/α,β-unsaturated/α-hetero) is 2. The standard InChI is InChI=1S/C21H22O4S/c1-13-6-10-19(26-13)18(22)9-11-20(23)25-14(2)21(24)17-8-7-15-4-3-5-16(15)12-17/h6-8,10,12,14H,3-5,9,11H2,1-2H3. The van der Waals surface area contributed by atoms with Gasteiger partial charge in [-0.15, -0.1) is 11.3 Å². The molecule has 26 heavy (non-hydrogen) atoms. The lowest BCUT2D eigenvalue weighted by atomic mass is 10.0. The van der Waals surface area contributed by atoms with Gasteiger partial charge in [-0.05, 0) is 62.4 Å². The fourth-order valence-corrected chi connectivity index (χ4v) is 4.03. The number of rotatable bonds is 7. The van der Waals surface area contributed by atoms with Crippen LogP contribution in [0, 0.1) is 6.92 Å².